The minimum absolute atomic E-state index is 0.0133. The van der Waals surface area contributed by atoms with E-state index in [9.17, 15) is 13.2 Å². The fraction of sp³-hybridized carbons (Fsp3) is 0.333. The third-order valence-corrected chi connectivity index (χ3v) is 2.02. The van der Waals surface area contributed by atoms with Crippen molar-refractivity contribution >= 4 is 5.69 Å². The number of alkyl halides is 3. The molecule has 0 aliphatic carbocycles. The molecule has 0 heterocycles. The van der Waals surface area contributed by atoms with Crippen molar-refractivity contribution in [2.45, 2.75) is 19.1 Å². The van der Waals surface area contributed by atoms with Crippen molar-refractivity contribution < 1.29 is 13.2 Å². The van der Waals surface area contributed by atoms with Crippen LogP contribution in [0.4, 0.5) is 18.9 Å². The first kappa shape index (κ1) is 10.8. The highest BCUT2D eigenvalue weighted by atomic mass is 19.4. The molecule has 0 spiro atoms. The average molecular weight is 204 g/mol. The molecule has 0 aromatic heterocycles. The van der Waals surface area contributed by atoms with Crippen molar-refractivity contribution in [2.24, 2.45) is 5.73 Å². The number of hydrogen-bond acceptors (Lipinski definition) is 2. The van der Waals surface area contributed by atoms with Gasteiger partial charge < -0.3 is 11.5 Å². The molecule has 0 saturated heterocycles. The van der Waals surface area contributed by atoms with E-state index in [1.54, 1.807) is 6.92 Å². The molecule has 0 aliphatic rings. The third kappa shape index (κ3) is 2.17. The van der Waals surface area contributed by atoms with Gasteiger partial charge >= 0.3 is 6.18 Å². The van der Waals surface area contributed by atoms with Crippen LogP contribution in [0.25, 0.3) is 0 Å². The summed E-state index contributed by atoms with van der Waals surface area (Å²) in [6.45, 7) is 1.72. The Balaban J connectivity index is 3.03. The summed E-state index contributed by atoms with van der Waals surface area (Å²) < 4.78 is 36.6. The summed E-state index contributed by atoms with van der Waals surface area (Å²) in [7, 11) is 0. The molecule has 1 rings (SSSR count). The molecule has 0 amide bonds. The van der Waals surface area contributed by atoms with E-state index in [1.165, 1.54) is 18.2 Å². The standard InChI is InChI=1S/C9H11F3N2/c1-5-2-3-6(4-7(5)13)8(14)9(10,11)12/h2-4,8H,13-14H2,1H3/t8-/m1/s1. The normalized spacial score (nSPS) is 14.1. The van der Waals surface area contributed by atoms with Crippen molar-refractivity contribution in [1.29, 1.82) is 0 Å². The molecule has 0 bridgehead atoms. The van der Waals surface area contributed by atoms with Crippen LogP contribution >= 0.6 is 0 Å². The van der Waals surface area contributed by atoms with Crippen molar-refractivity contribution in [3.63, 3.8) is 0 Å². The lowest BCUT2D eigenvalue weighted by Crippen LogP contribution is -2.28. The van der Waals surface area contributed by atoms with Crippen LogP contribution < -0.4 is 11.5 Å². The highest BCUT2D eigenvalue weighted by Crippen LogP contribution is 2.31. The summed E-state index contributed by atoms with van der Waals surface area (Å²) in [4.78, 5) is 0. The van der Waals surface area contributed by atoms with Crippen LogP contribution in [0.15, 0.2) is 18.2 Å². The van der Waals surface area contributed by atoms with E-state index in [0.717, 1.165) is 5.56 Å². The Hall–Kier alpha value is -1.23. The van der Waals surface area contributed by atoms with Gasteiger partial charge in [0, 0.05) is 5.69 Å². The van der Waals surface area contributed by atoms with E-state index >= 15 is 0 Å². The Morgan fingerprint density at radius 3 is 2.29 bits per heavy atom. The summed E-state index contributed by atoms with van der Waals surface area (Å²) >= 11 is 0. The topological polar surface area (TPSA) is 52.0 Å². The van der Waals surface area contributed by atoms with Gasteiger partial charge in [-0.1, -0.05) is 12.1 Å². The number of nitrogen functional groups attached to an aromatic ring is 1. The first-order chi connectivity index (χ1) is 6.32. The van der Waals surface area contributed by atoms with Gasteiger partial charge in [-0.25, -0.2) is 0 Å². The maximum absolute atomic E-state index is 12.2. The smallest absolute Gasteiger partial charge is 0.399 e. The number of aryl methyl sites for hydroxylation is 1. The largest absolute Gasteiger partial charge is 0.407 e. The van der Waals surface area contributed by atoms with E-state index in [0.29, 0.717) is 5.69 Å². The van der Waals surface area contributed by atoms with Gasteiger partial charge in [0.25, 0.3) is 0 Å². The van der Waals surface area contributed by atoms with Crippen LogP contribution in [0.3, 0.4) is 0 Å². The van der Waals surface area contributed by atoms with Gasteiger partial charge in [0.15, 0.2) is 0 Å². The van der Waals surface area contributed by atoms with E-state index in [4.69, 9.17) is 11.5 Å². The minimum atomic E-state index is -4.43. The van der Waals surface area contributed by atoms with Gasteiger partial charge in [-0.05, 0) is 24.1 Å². The number of rotatable bonds is 1. The Morgan fingerprint density at radius 2 is 1.86 bits per heavy atom. The van der Waals surface area contributed by atoms with Crippen LogP contribution in [-0.2, 0) is 0 Å². The lowest BCUT2D eigenvalue weighted by atomic mass is 10.0. The number of hydrogen-bond donors (Lipinski definition) is 2. The zero-order valence-electron chi connectivity index (χ0n) is 7.60. The quantitative estimate of drug-likeness (QED) is 0.688. The first-order valence-corrected chi connectivity index (χ1v) is 4.00. The Morgan fingerprint density at radius 1 is 1.29 bits per heavy atom. The van der Waals surface area contributed by atoms with Gasteiger partial charge in [-0.2, -0.15) is 13.2 Å². The minimum Gasteiger partial charge on any atom is -0.399 e. The summed E-state index contributed by atoms with van der Waals surface area (Å²) in [5, 5.41) is 0. The fourth-order valence-corrected chi connectivity index (χ4v) is 1.04. The maximum Gasteiger partial charge on any atom is 0.407 e. The van der Waals surface area contributed by atoms with Crippen molar-refractivity contribution in [2.75, 3.05) is 5.73 Å². The molecule has 14 heavy (non-hydrogen) atoms. The first-order valence-electron chi connectivity index (χ1n) is 4.00. The molecule has 0 radical (unpaired) electrons. The maximum atomic E-state index is 12.2. The van der Waals surface area contributed by atoms with Crippen LogP contribution in [0.2, 0.25) is 0 Å². The van der Waals surface area contributed by atoms with E-state index < -0.39 is 12.2 Å². The van der Waals surface area contributed by atoms with Gasteiger partial charge in [-0.15, -0.1) is 0 Å². The van der Waals surface area contributed by atoms with Crippen LogP contribution in [0, 0.1) is 6.92 Å². The third-order valence-electron chi connectivity index (χ3n) is 2.02. The summed E-state index contributed by atoms with van der Waals surface area (Å²) in [6, 6.07) is 2.15. The lowest BCUT2D eigenvalue weighted by molar-refractivity contribution is -0.149. The molecule has 78 valence electrons. The van der Waals surface area contributed by atoms with E-state index in [1.807, 2.05) is 0 Å². The molecule has 1 atom stereocenters. The molecule has 1 aromatic carbocycles. The lowest BCUT2D eigenvalue weighted by Gasteiger charge is -2.16. The van der Waals surface area contributed by atoms with Crippen LogP contribution in [0.5, 0.6) is 0 Å². The molecular formula is C9H11F3N2. The molecule has 0 saturated carbocycles. The van der Waals surface area contributed by atoms with Gasteiger partial charge in [0.05, 0.1) is 0 Å². The second-order valence-electron chi connectivity index (χ2n) is 3.14. The second-order valence-corrected chi connectivity index (χ2v) is 3.14. The van der Waals surface area contributed by atoms with Crippen LogP contribution in [-0.4, -0.2) is 6.18 Å². The highest BCUT2D eigenvalue weighted by molar-refractivity contribution is 5.49. The molecule has 0 fully saturated rings. The van der Waals surface area contributed by atoms with E-state index in [-0.39, 0.29) is 5.56 Å². The fourth-order valence-electron chi connectivity index (χ4n) is 1.04. The molecule has 0 aliphatic heterocycles. The average Bonchev–Trinajstić information content (AvgIpc) is 2.07. The molecule has 1 aromatic rings. The predicted octanol–water partition coefficient (Wildman–Crippen LogP) is 2.14. The Kier molecular flexibility index (Phi) is 2.71. The number of benzene rings is 1. The second kappa shape index (κ2) is 3.49. The summed E-state index contributed by atoms with van der Waals surface area (Å²) in [6.07, 6.45) is -4.43. The molecular weight excluding hydrogens is 193 g/mol. The zero-order valence-corrected chi connectivity index (χ0v) is 7.60. The van der Waals surface area contributed by atoms with Crippen molar-refractivity contribution in [1.82, 2.24) is 0 Å². The SMILES string of the molecule is Cc1ccc([C@@H](N)C(F)(F)F)cc1N. The number of nitrogens with two attached hydrogens (primary N) is 2. The highest BCUT2D eigenvalue weighted by Gasteiger charge is 2.37. The molecule has 2 nitrogen and oxygen atoms in total. The summed E-state index contributed by atoms with van der Waals surface area (Å²) in [5.74, 6) is 0. The zero-order chi connectivity index (χ0) is 10.9. The number of anilines is 1. The van der Waals surface area contributed by atoms with Crippen molar-refractivity contribution in [3.8, 4) is 0 Å². The predicted molar refractivity (Wildman–Crippen MR) is 48.6 cm³/mol. The van der Waals surface area contributed by atoms with Gasteiger partial charge in [0.1, 0.15) is 6.04 Å². The van der Waals surface area contributed by atoms with Crippen LogP contribution in [0.1, 0.15) is 17.2 Å². The van der Waals surface area contributed by atoms with E-state index in [2.05, 4.69) is 0 Å². The summed E-state index contributed by atoms with van der Waals surface area (Å²) in [5.41, 5.74) is 11.5. The molecule has 0 unspecified atom stereocenters. The van der Waals surface area contributed by atoms with Gasteiger partial charge in [-0.3, -0.25) is 0 Å². The van der Waals surface area contributed by atoms with Gasteiger partial charge in [0.2, 0.25) is 0 Å². The monoisotopic (exact) mass is 204 g/mol. The van der Waals surface area contributed by atoms with Crippen molar-refractivity contribution in [3.05, 3.63) is 29.3 Å². The molecule has 5 heteroatoms. The number of halogens is 3. The Labute approximate surface area is 79.7 Å². The Bertz CT molecular complexity index is 333. The molecule has 4 N–H and O–H groups in total.